The first-order valence-electron chi connectivity index (χ1n) is 9.04. The first-order valence-corrected chi connectivity index (χ1v) is 9.04. The molecule has 25 heavy (non-hydrogen) atoms. The van der Waals surface area contributed by atoms with Crippen molar-refractivity contribution in [2.45, 2.75) is 13.8 Å². The monoisotopic (exact) mass is 320 g/mol. The van der Waals surface area contributed by atoms with E-state index in [0.29, 0.717) is 0 Å². The lowest BCUT2D eigenvalue weighted by atomic mass is 9.59. The van der Waals surface area contributed by atoms with E-state index in [0.717, 1.165) is 21.8 Å². The molecule has 0 spiro atoms. The summed E-state index contributed by atoms with van der Waals surface area (Å²) in [6.45, 7) is 4.29. The fourth-order valence-corrected chi connectivity index (χ4v) is 3.04. The predicted molar refractivity (Wildman–Crippen MR) is 118 cm³/mol. The Labute approximate surface area is 153 Å². The summed E-state index contributed by atoms with van der Waals surface area (Å²) in [5.41, 5.74) is 8.28. The average molecular weight is 320 g/mol. The van der Waals surface area contributed by atoms with Gasteiger partial charge in [0.2, 0.25) is 0 Å². The molecule has 3 heteroatoms. The van der Waals surface area contributed by atoms with Gasteiger partial charge in [0.15, 0.2) is 21.8 Å². The molecule has 0 unspecified atom stereocenters. The lowest BCUT2D eigenvalue weighted by molar-refractivity contribution is 1.57. The number of hydrogen-bond acceptors (Lipinski definition) is 0. The molecule has 0 aliphatic rings. The topological polar surface area (TPSA) is 0 Å². The van der Waals surface area contributed by atoms with Crippen molar-refractivity contribution >= 4 is 49.2 Å². The second-order valence-electron chi connectivity index (χ2n) is 6.78. The van der Waals surface area contributed by atoms with E-state index >= 15 is 0 Å². The normalized spacial score (nSPS) is 11.0. The van der Waals surface area contributed by atoms with E-state index in [1.54, 1.807) is 0 Å². The highest BCUT2D eigenvalue weighted by Crippen LogP contribution is 1.90. The summed E-state index contributed by atoms with van der Waals surface area (Å²) in [4.78, 5) is 0. The van der Waals surface area contributed by atoms with Gasteiger partial charge in [-0.25, -0.2) is 0 Å². The molecule has 0 aromatic heterocycles. The molecule has 0 saturated carbocycles. The summed E-state index contributed by atoms with van der Waals surface area (Å²) < 4.78 is 0. The smallest absolute Gasteiger partial charge is 0.107 e. The van der Waals surface area contributed by atoms with Gasteiger partial charge >= 0.3 is 0 Å². The van der Waals surface area contributed by atoms with Crippen LogP contribution in [0.1, 0.15) is 13.8 Å². The minimum Gasteiger partial charge on any atom is -0.107 e. The van der Waals surface area contributed by atoms with E-state index in [1.165, 1.54) is 32.8 Å². The first kappa shape index (κ1) is 17.4. The van der Waals surface area contributed by atoms with Gasteiger partial charge in [0.1, 0.15) is 0 Å². The van der Waals surface area contributed by atoms with E-state index in [1.807, 2.05) is 0 Å². The van der Waals surface area contributed by atoms with Crippen molar-refractivity contribution in [1.29, 1.82) is 0 Å². The Morgan fingerprint density at radius 2 is 1.00 bits per heavy atom. The minimum absolute atomic E-state index is 0.995. The van der Waals surface area contributed by atoms with Crippen LogP contribution in [0.3, 0.4) is 0 Å². The Balaban J connectivity index is 1.61. The molecule has 0 N–H and O–H groups in total. The van der Waals surface area contributed by atoms with Crippen molar-refractivity contribution in [1.82, 2.24) is 0 Å². The summed E-state index contributed by atoms with van der Waals surface area (Å²) in [7, 11) is 3.04. The Bertz CT molecular complexity index is 819. The second kappa shape index (κ2) is 8.62. The highest BCUT2D eigenvalue weighted by molar-refractivity contribution is 6.69. The van der Waals surface area contributed by atoms with Crippen LogP contribution in [0.15, 0.2) is 90.4 Å². The van der Waals surface area contributed by atoms with Crippen molar-refractivity contribution in [3.05, 3.63) is 90.4 Å². The number of hydrogen-bond donors (Lipinski definition) is 0. The Morgan fingerprint density at radius 1 is 0.600 bits per heavy atom. The summed E-state index contributed by atoms with van der Waals surface area (Å²) in [6.07, 6.45) is 2.19. The van der Waals surface area contributed by atoms with Gasteiger partial charge < -0.3 is 0 Å². The minimum atomic E-state index is 0.995. The van der Waals surface area contributed by atoms with Crippen LogP contribution in [0.4, 0.5) is 0 Å². The van der Waals surface area contributed by atoms with Crippen molar-refractivity contribution < 1.29 is 0 Å². The van der Waals surface area contributed by atoms with Crippen molar-refractivity contribution in [3.63, 3.8) is 0 Å². The highest BCUT2D eigenvalue weighted by atomic mass is 13.9. The van der Waals surface area contributed by atoms with E-state index in [4.69, 9.17) is 0 Å². The van der Waals surface area contributed by atoms with Gasteiger partial charge in [0.25, 0.3) is 0 Å². The molecule has 3 aromatic rings. The molecule has 3 rings (SSSR count). The number of allylic oxidation sites excluding steroid dienone is 2. The van der Waals surface area contributed by atoms with E-state index in [2.05, 4.69) is 98.8 Å². The van der Waals surface area contributed by atoms with Crippen LogP contribution in [0.5, 0.6) is 0 Å². The van der Waals surface area contributed by atoms with Gasteiger partial charge in [-0.15, -0.1) is 5.47 Å². The maximum absolute atomic E-state index is 2.26. The molecule has 0 saturated heterocycles. The lowest BCUT2D eigenvalue weighted by Gasteiger charge is -2.05. The Morgan fingerprint density at radius 3 is 1.44 bits per heavy atom. The Kier molecular flexibility index (Phi) is 6.01. The molecular weight excluding hydrogens is 297 g/mol. The largest absolute Gasteiger partial charge is 0.192 e. The molecule has 0 aliphatic heterocycles. The van der Waals surface area contributed by atoms with Crippen LogP contribution >= 0.6 is 0 Å². The molecular formula is C22H23B3. The fraction of sp³-hybridized carbons (Fsp3) is 0.0909. The third-order valence-electron chi connectivity index (χ3n) is 4.68. The van der Waals surface area contributed by atoms with Gasteiger partial charge in [-0.05, 0) is 6.92 Å². The molecule has 3 aromatic carbocycles. The van der Waals surface area contributed by atoms with Gasteiger partial charge in [-0.1, -0.05) is 119 Å². The van der Waals surface area contributed by atoms with E-state index in [-0.39, 0.29) is 0 Å². The van der Waals surface area contributed by atoms with E-state index in [9.17, 15) is 0 Å². The molecule has 0 atom stereocenters. The highest BCUT2D eigenvalue weighted by Gasteiger charge is 2.03. The quantitative estimate of drug-likeness (QED) is 0.579. The molecule has 0 nitrogen and oxygen atoms in total. The molecule has 0 fully saturated rings. The summed E-state index contributed by atoms with van der Waals surface area (Å²) in [5, 5.41) is 0. The first-order chi connectivity index (χ1) is 12.2. The average Bonchev–Trinajstić information content (AvgIpc) is 2.66. The van der Waals surface area contributed by atoms with Gasteiger partial charge in [0, 0.05) is 0 Å². The summed E-state index contributed by atoms with van der Waals surface area (Å²) in [5.74, 6) is 0. The van der Waals surface area contributed by atoms with Crippen LogP contribution in [0.25, 0.3) is 0 Å². The van der Waals surface area contributed by atoms with Crippen LogP contribution in [0.2, 0.25) is 0 Å². The third-order valence-corrected chi connectivity index (χ3v) is 4.68. The zero-order valence-corrected chi connectivity index (χ0v) is 15.2. The second-order valence-corrected chi connectivity index (χ2v) is 6.78. The van der Waals surface area contributed by atoms with Gasteiger partial charge in [-0.3, -0.25) is 0 Å². The number of rotatable bonds is 6. The summed E-state index contributed by atoms with van der Waals surface area (Å²) >= 11 is 0. The standard InChI is InChI=1S/C22H23B3/c1-3-17(2)23-19-9-11-21(12-10-19)25-22-15-13-20(14-16-22)24-18-7-5-4-6-8-18/h3-16,23-25H,1-2H3/b17-3+. The molecule has 0 amide bonds. The predicted octanol–water partition coefficient (Wildman–Crippen LogP) is 0.447. The van der Waals surface area contributed by atoms with Crippen LogP contribution in [0, 0.1) is 0 Å². The third kappa shape index (κ3) is 5.29. The molecule has 120 valence electrons. The zero-order valence-electron chi connectivity index (χ0n) is 15.2. The lowest BCUT2D eigenvalue weighted by Crippen LogP contribution is -2.32. The fourth-order valence-electron chi connectivity index (χ4n) is 3.04. The maximum Gasteiger partial charge on any atom is 0.192 e. The van der Waals surface area contributed by atoms with Crippen LogP contribution in [-0.4, -0.2) is 21.8 Å². The molecule has 0 aliphatic carbocycles. The maximum atomic E-state index is 2.26. The van der Waals surface area contributed by atoms with Gasteiger partial charge in [0.05, 0.1) is 0 Å². The molecule has 0 radical (unpaired) electrons. The Hall–Kier alpha value is -2.41. The summed E-state index contributed by atoms with van der Waals surface area (Å²) in [6, 6.07) is 28.7. The van der Waals surface area contributed by atoms with Crippen molar-refractivity contribution in [2.75, 3.05) is 0 Å². The van der Waals surface area contributed by atoms with Crippen LogP contribution < -0.4 is 27.3 Å². The van der Waals surface area contributed by atoms with Crippen LogP contribution in [-0.2, 0) is 0 Å². The zero-order chi connectivity index (χ0) is 17.5. The van der Waals surface area contributed by atoms with Crippen molar-refractivity contribution in [2.24, 2.45) is 0 Å². The number of benzene rings is 3. The van der Waals surface area contributed by atoms with Gasteiger partial charge in [-0.2, -0.15) is 0 Å². The SMILES string of the molecule is C/C=C(\C)Bc1ccc(Bc2ccc(Bc3ccccc3)cc2)cc1. The molecule has 0 heterocycles. The van der Waals surface area contributed by atoms with E-state index < -0.39 is 0 Å². The van der Waals surface area contributed by atoms with Crippen molar-refractivity contribution in [3.8, 4) is 0 Å². The molecule has 0 bridgehead atoms.